The molecule has 25 heteroatoms. The molecule has 0 spiro atoms. The number of nitrogens with zero attached hydrogens (tertiary/aromatic N) is 3. The van der Waals surface area contributed by atoms with Crippen LogP contribution in [-0.2, 0) is 43.4 Å². The minimum absolute atomic E-state index is 0.00463. The fourth-order valence-electron chi connectivity index (χ4n) is 0.0787. The van der Waals surface area contributed by atoms with E-state index in [9.17, 15) is 35.6 Å². The smallest absolute Gasteiger partial charge is 0.324 e. The first kappa shape index (κ1) is 59.4. The van der Waals surface area contributed by atoms with Crippen LogP contribution < -0.4 is 20.4 Å². The van der Waals surface area contributed by atoms with Crippen LogP contribution in [0.25, 0.3) is 0 Å². The number of hydrogen-bond donors (Lipinski definition) is 9. The third-order valence-corrected chi connectivity index (χ3v) is 4.07. The highest BCUT2D eigenvalue weighted by Crippen LogP contribution is 2.34. The lowest BCUT2D eigenvalue weighted by Crippen LogP contribution is -2.15. The molecule has 0 bridgehead atoms. The summed E-state index contributed by atoms with van der Waals surface area (Å²) in [5.41, 5.74) is 0. The van der Waals surface area contributed by atoms with Crippen LogP contribution in [0, 0.1) is 11.5 Å². The molecule has 9 N–H and O–H groups in total. The van der Waals surface area contributed by atoms with E-state index in [1.54, 1.807) is 28.1 Å². The minimum Gasteiger partial charge on any atom is -0.411 e. The topological polar surface area (TPSA) is 334 Å². The number of hydroxylamine groups is 2. The normalized spacial score (nSPS) is 12.1. The molecule has 0 aliphatic heterocycles. The van der Waals surface area contributed by atoms with E-state index >= 15 is 0 Å². The number of hydrogen-bond acceptors (Lipinski definition) is 14. The molecule has 0 heterocycles. The Kier molecular flexibility index (Phi) is 52.2. The largest absolute Gasteiger partial charge is 0.411 e. The Hall–Kier alpha value is -2.06. The number of nitrogens with one attached hydrogen (secondary N) is 4. The van der Waals surface area contributed by atoms with Gasteiger partial charge in [-0.25, -0.2) is 18.2 Å². The monoisotopic (exact) mass is 701 g/mol. The molecule has 2 atom stereocenters. The van der Waals surface area contributed by atoms with Crippen molar-refractivity contribution in [1.82, 2.24) is 25.5 Å². The molecule has 0 fully saturated rings. The number of sulfonamides is 1. The molecule has 0 aliphatic carbocycles. The van der Waals surface area contributed by atoms with Gasteiger partial charge in [0.25, 0.3) is 17.6 Å². The zero-order valence-electron chi connectivity index (χ0n) is 26.0. The van der Waals surface area contributed by atoms with E-state index in [1.165, 1.54) is 54.1 Å². The Morgan fingerprint density at radius 1 is 1.00 bits per heavy atom. The zero-order chi connectivity index (χ0) is 36.4. The van der Waals surface area contributed by atoms with Crippen LogP contribution in [-0.4, -0.2) is 133 Å². The summed E-state index contributed by atoms with van der Waals surface area (Å²) in [4.78, 5) is 35.8. The average Bonchev–Trinajstić information content (AvgIpc) is 2.78. The quantitative estimate of drug-likeness (QED) is 0.0320. The van der Waals surface area contributed by atoms with Crippen molar-refractivity contribution in [3.8, 4) is 6.19 Å². The number of amides is 2. The fraction of sp³-hybridized carbons (Fsp3) is 0.765. The molecule has 0 aliphatic rings. The predicted molar refractivity (Wildman–Crippen MR) is 160 cm³/mol. The standard InChI is InChI=1S/C3H4N2O.C3H7NO.C2H8NO2P.C2H7NO2S.C2H7NO.C2H5NO.C2H7O3P.CH4O3S/c1-3(6)5-2-4;1-3(5)4-2;2*1-3-6(2,4)5;1-3(2)4;1-2-3-4;1-5-6(2,3)4;1-5(2,3)4/h1H3,(H,5,6);1-2H3,(H,4,5);1-2H3,(H2,3,4,5);3H,1-2H3;4H,1-2H3;2,4H,1H3;1-2H3,(H,3,4);1H3,(H,2,3,4)/b;;;;;3-2+;;. The van der Waals surface area contributed by atoms with E-state index in [0.29, 0.717) is 6.26 Å². The number of rotatable bonds is 3. The highest BCUT2D eigenvalue weighted by atomic mass is 32.2. The van der Waals surface area contributed by atoms with Crippen LogP contribution in [0.2, 0.25) is 0 Å². The molecule has 0 aromatic heterocycles. The van der Waals surface area contributed by atoms with Crippen molar-refractivity contribution in [3.05, 3.63) is 0 Å². The summed E-state index contributed by atoms with van der Waals surface area (Å²) in [7, 11) is -3.90. The van der Waals surface area contributed by atoms with Crippen molar-refractivity contribution in [3.63, 3.8) is 0 Å². The number of nitriles is 1. The molecule has 42 heavy (non-hydrogen) atoms. The molecule has 0 saturated heterocycles. The second-order valence-electron chi connectivity index (χ2n) is 6.62. The van der Waals surface area contributed by atoms with E-state index in [0.717, 1.165) is 18.0 Å². The van der Waals surface area contributed by atoms with Crippen molar-refractivity contribution < 1.29 is 64.8 Å². The summed E-state index contributed by atoms with van der Waals surface area (Å²) in [5.74, 6) is -0.317. The summed E-state index contributed by atoms with van der Waals surface area (Å²) in [6.45, 7) is 6.77. The van der Waals surface area contributed by atoms with Gasteiger partial charge in [0.15, 0.2) is 6.19 Å². The minimum atomic E-state index is -3.67. The Morgan fingerprint density at radius 2 is 1.19 bits per heavy atom. The molecule has 2 amide bonds. The van der Waals surface area contributed by atoms with Crippen LogP contribution in [0.3, 0.4) is 0 Å². The van der Waals surface area contributed by atoms with Crippen molar-refractivity contribution in [2.75, 3.05) is 68.2 Å². The number of carbonyl (C=O) groups is 2. The van der Waals surface area contributed by atoms with Gasteiger partial charge in [0.2, 0.25) is 21.8 Å². The van der Waals surface area contributed by atoms with Crippen molar-refractivity contribution in [2.45, 2.75) is 20.8 Å². The first-order valence-corrected chi connectivity index (χ1v) is 18.2. The van der Waals surface area contributed by atoms with Crippen LogP contribution >= 0.6 is 15.1 Å². The van der Waals surface area contributed by atoms with Gasteiger partial charge in [0.1, 0.15) is 0 Å². The van der Waals surface area contributed by atoms with Gasteiger partial charge < -0.3 is 30.0 Å². The molecule has 0 radical (unpaired) electrons. The van der Waals surface area contributed by atoms with Crippen molar-refractivity contribution in [1.29, 1.82) is 5.26 Å². The van der Waals surface area contributed by atoms with Crippen LogP contribution in [0.1, 0.15) is 20.8 Å². The zero-order valence-corrected chi connectivity index (χ0v) is 29.5. The number of carbonyl (C=O) groups excluding carboxylic acids is 2. The summed E-state index contributed by atoms with van der Waals surface area (Å²) in [6, 6.07) is 0. The third kappa shape index (κ3) is 309. The molecular formula is C17H49N7O14P2S2. The summed E-state index contributed by atoms with van der Waals surface area (Å²) < 4.78 is 71.7. The summed E-state index contributed by atoms with van der Waals surface area (Å²) in [6.07, 6.45) is 4.59. The van der Waals surface area contributed by atoms with Gasteiger partial charge in [-0.1, -0.05) is 0 Å². The molecule has 0 rings (SSSR count). The third-order valence-electron chi connectivity index (χ3n) is 1.82. The number of oxime groups is 1. The first-order chi connectivity index (χ1) is 18.4. The van der Waals surface area contributed by atoms with Gasteiger partial charge in [-0.15, -0.1) is 5.16 Å². The summed E-state index contributed by atoms with van der Waals surface area (Å²) in [5, 5.41) is 33.1. The van der Waals surface area contributed by atoms with Crippen molar-refractivity contribution in [2.24, 2.45) is 5.16 Å². The van der Waals surface area contributed by atoms with Crippen LogP contribution in [0.4, 0.5) is 0 Å². The van der Waals surface area contributed by atoms with Gasteiger partial charge in [0, 0.05) is 61.6 Å². The van der Waals surface area contributed by atoms with Gasteiger partial charge in [-0.05, 0) is 21.0 Å². The molecule has 2 unspecified atom stereocenters. The Labute approximate surface area is 249 Å². The van der Waals surface area contributed by atoms with E-state index in [1.807, 2.05) is 5.32 Å². The van der Waals surface area contributed by atoms with Crippen molar-refractivity contribution >= 4 is 53.3 Å². The van der Waals surface area contributed by atoms with Gasteiger partial charge in [-0.3, -0.25) is 28.6 Å². The predicted octanol–water partition coefficient (Wildman–Crippen LogP) is -1.10. The SMILES string of the molecule is C/C=N/O.CC(=O)NC#N.CN(C)O.CNC(C)=O.CNP(C)(=O)O.CNS(C)(=O)=O.COP(C)(=O)O.CS(=O)(=O)O. The molecule has 0 aromatic carbocycles. The Bertz CT molecular complexity index is 971. The van der Waals surface area contributed by atoms with Gasteiger partial charge in [-0.2, -0.15) is 18.7 Å². The van der Waals surface area contributed by atoms with E-state index < -0.39 is 35.3 Å². The van der Waals surface area contributed by atoms with Gasteiger partial charge in [0.05, 0.1) is 12.5 Å². The van der Waals surface area contributed by atoms with Crippen LogP contribution in [0.5, 0.6) is 0 Å². The second-order valence-corrected chi connectivity index (χ2v) is 14.2. The lowest BCUT2D eigenvalue weighted by atomic mass is 10.7. The van der Waals surface area contributed by atoms with E-state index in [2.05, 4.69) is 24.8 Å². The fourth-order valence-corrected chi connectivity index (χ4v) is 0.0787. The molecule has 0 aromatic rings. The second kappa shape index (κ2) is 37.0. The van der Waals surface area contributed by atoms with Crippen LogP contribution in [0.15, 0.2) is 5.16 Å². The molecule has 21 nitrogen and oxygen atoms in total. The molecular weight excluding hydrogens is 652 g/mol. The maximum atomic E-state index is 10.0. The molecule has 258 valence electrons. The lowest BCUT2D eigenvalue weighted by Gasteiger charge is -1.97. The molecule has 0 saturated carbocycles. The highest BCUT2D eigenvalue weighted by molar-refractivity contribution is 7.88. The van der Waals surface area contributed by atoms with E-state index in [-0.39, 0.29) is 11.8 Å². The average molecular weight is 702 g/mol. The van der Waals surface area contributed by atoms with E-state index in [4.69, 9.17) is 30.0 Å². The Morgan fingerprint density at radius 3 is 1.19 bits per heavy atom. The maximum absolute atomic E-state index is 10.0. The first-order valence-electron chi connectivity index (χ1n) is 10.4. The maximum Gasteiger partial charge on any atom is 0.324 e. The summed E-state index contributed by atoms with van der Waals surface area (Å²) >= 11 is 0. The highest BCUT2D eigenvalue weighted by Gasteiger charge is 2.02. The lowest BCUT2D eigenvalue weighted by molar-refractivity contribution is -0.119. The van der Waals surface area contributed by atoms with Gasteiger partial charge >= 0.3 is 7.60 Å². The Balaban J connectivity index is -0.0000000527.